The number of aromatic nitrogens is 2. The van der Waals surface area contributed by atoms with Crippen molar-refractivity contribution in [2.75, 3.05) is 26.0 Å². The standard InChI is InChI=1S/C20H21N3O2S/c1-25-13-12-21-17(24)14-26-20-22-18(15-8-4-2-5-9-15)19(23-20)16-10-6-3-7-11-16/h2-11H,12-14H2,1H3,(H,21,24)(H,22,23). The van der Waals surface area contributed by atoms with Crippen molar-refractivity contribution in [2.45, 2.75) is 5.16 Å². The molecule has 0 atom stereocenters. The zero-order chi connectivity index (χ0) is 18.2. The number of benzene rings is 2. The molecule has 0 saturated heterocycles. The molecular weight excluding hydrogens is 346 g/mol. The van der Waals surface area contributed by atoms with E-state index in [9.17, 15) is 4.79 Å². The first-order chi connectivity index (χ1) is 12.8. The highest BCUT2D eigenvalue weighted by molar-refractivity contribution is 7.99. The highest BCUT2D eigenvalue weighted by atomic mass is 32.2. The number of nitrogens with one attached hydrogen (secondary N) is 2. The van der Waals surface area contributed by atoms with Crippen LogP contribution >= 0.6 is 11.8 Å². The van der Waals surface area contributed by atoms with E-state index in [4.69, 9.17) is 9.72 Å². The molecule has 0 bridgehead atoms. The van der Waals surface area contributed by atoms with Crippen LogP contribution in [0.5, 0.6) is 0 Å². The number of aromatic amines is 1. The van der Waals surface area contributed by atoms with Crippen molar-refractivity contribution >= 4 is 17.7 Å². The molecule has 26 heavy (non-hydrogen) atoms. The lowest BCUT2D eigenvalue weighted by Crippen LogP contribution is -2.28. The van der Waals surface area contributed by atoms with E-state index in [0.717, 1.165) is 27.7 Å². The molecule has 134 valence electrons. The lowest BCUT2D eigenvalue weighted by atomic mass is 10.1. The molecule has 5 nitrogen and oxygen atoms in total. The van der Waals surface area contributed by atoms with E-state index in [-0.39, 0.29) is 5.91 Å². The van der Waals surface area contributed by atoms with Gasteiger partial charge in [-0.25, -0.2) is 4.98 Å². The van der Waals surface area contributed by atoms with Gasteiger partial charge in [-0.2, -0.15) is 0 Å². The maximum Gasteiger partial charge on any atom is 0.230 e. The second-order valence-electron chi connectivity index (χ2n) is 5.63. The Labute approximate surface area is 157 Å². The molecule has 0 unspecified atom stereocenters. The Morgan fingerprint density at radius 2 is 1.73 bits per heavy atom. The minimum Gasteiger partial charge on any atom is -0.383 e. The Morgan fingerprint density at radius 1 is 1.08 bits per heavy atom. The molecule has 6 heteroatoms. The van der Waals surface area contributed by atoms with Gasteiger partial charge < -0.3 is 15.0 Å². The Balaban J connectivity index is 1.80. The van der Waals surface area contributed by atoms with Crippen molar-refractivity contribution in [2.24, 2.45) is 0 Å². The van der Waals surface area contributed by atoms with Gasteiger partial charge in [-0.3, -0.25) is 4.79 Å². The summed E-state index contributed by atoms with van der Waals surface area (Å²) in [6.07, 6.45) is 0. The van der Waals surface area contributed by atoms with Crippen LogP contribution in [0.3, 0.4) is 0 Å². The smallest absolute Gasteiger partial charge is 0.230 e. The Bertz CT molecular complexity index is 778. The molecule has 2 N–H and O–H groups in total. The maximum absolute atomic E-state index is 11.9. The molecule has 1 heterocycles. The van der Waals surface area contributed by atoms with Crippen LogP contribution < -0.4 is 5.32 Å². The summed E-state index contributed by atoms with van der Waals surface area (Å²) in [6, 6.07) is 20.1. The van der Waals surface area contributed by atoms with Crippen molar-refractivity contribution in [3.63, 3.8) is 0 Å². The molecular formula is C20H21N3O2S. The van der Waals surface area contributed by atoms with E-state index in [1.165, 1.54) is 11.8 Å². The third kappa shape index (κ3) is 4.74. The highest BCUT2D eigenvalue weighted by Gasteiger charge is 2.15. The van der Waals surface area contributed by atoms with Crippen LogP contribution in [0.2, 0.25) is 0 Å². The van der Waals surface area contributed by atoms with Gasteiger partial charge in [0.1, 0.15) is 0 Å². The number of carbonyl (C=O) groups excluding carboxylic acids is 1. The van der Waals surface area contributed by atoms with E-state index in [0.29, 0.717) is 18.9 Å². The maximum atomic E-state index is 11.9. The number of methoxy groups -OCH3 is 1. The SMILES string of the molecule is COCCNC(=O)CSc1nc(-c2ccccc2)c(-c2ccccc2)[nH]1. The molecule has 3 aromatic rings. The van der Waals surface area contributed by atoms with E-state index in [1.807, 2.05) is 60.7 Å². The summed E-state index contributed by atoms with van der Waals surface area (Å²) in [5, 5.41) is 3.54. The van der Waals surface area contributed by atoms with Gasteiger partial charge in [0, 0.05) is 24.8 Å². The summed E-state index contributed by atoms with van der Waals surface area (Å²) in [6.45, 7) is 1.02. The second kappa shape index (κ2) is 9.22. The van der Waals surface area contributed by atoms with Crippen LogP contribution in [0.1, 0.15) is 0 Å². The fourth-order valence-electron chi connectivity index (χ4n) is 2.52. The molecule has 3 rings (SSSR count). The van der Waals surface area contributed by atoms with Crippen molar-refractivity contribution in [3.05, 3.63) is 60.7 Å². The zero-order valence-corrected chi connectivity index (χ0v) is 15.4. The number of hydrogen-bond donors (Lipinski definition) is 2. The van der Waals surface area contributed by atoms with Gasteiger partial charge in [0.2, 0.25) is 5.91 Å². The quantitative estimate of drug-likeness (QED) is 0.472. The van der Waals surface area contributed by atoms with E-state index in [1.54, 1.807) is 7.11 Å². The van der Waals surface area contributed by atoms with Crippen molar-refractivity contribution in [1.29, 1.82) is 0 Å². The number of nitrogens with zero attached hydrogens (tertiary/aromatic N) is 1. The van der Waals surface area contributed by atoms with Gasteiger partial charge in [0.15, 0.2) is 5.16 Å². The number of rotatable bonds is 8. The predicted molar refractivity (Wildman–Crippen MR) is 105 cm³/mol. The second-order valence-corrected chi connectivity index (χ2v) is 6.59. The number of amides is 1. The van der Waals surface area contributed by atoms with E-state index >= 15 is 0 Å². The first kappa shape index (κ1) is 18.2. The summed E-state index contributed by atoms with van der Waals surface area (Å²) in [4.78, 5) is 20.0. The Kier molecular flexibility index (Phi) is 6.46. The van der Waals surface area contributed by atoms with Gasteiger partial charge in [-0.05, 0) is 0 Å². The average molecular weight is 367 g/mol. The van der Waals surface area contributed by atoms with Crippen molar-refractivity contribution in [3.8, 4) is 22.5 Å². The monoisotopic (exact) mass is 367 g/mol. The number of thioether (sulfide) groups is 1. The fourth-order valence-corrected chi connectivity index (χ4v) is 3.22. The van der Waals surface area contributed by atoms with Crippen LogP contribution in [-0.2, 0) is 9.53 Å². The van der Waals surface area contributed by atoms with E-state index in [2.05, 4.69) is 10.3 Å². The minimum absolute atomic E-state index is 0.0361. The third-order valence-electron chi connectivity index (χ3n) is 3.76. The molecule has 0 aliphatic rings. The number of H-pyrrole nitrogens is 1. The molecule has 0 radical (unpaired) electrons. The Hall–Kier alpha value is -2.57. The molecule has 0 fully saturated rings. The van der Waals surface area contributed by atoms with E-state index < -0.39 is 0 Å². The van der Waals surface area contributed by atoms with Crippen molar-refractivity contribution < 1.29 is 9.53 Å². The molecule has 0 spiro atoms. The highest BCUT2D eigenvalue weighted by Crippen LogP contribution is 2.32. The lowest BCUT2D eigenvalue weighted by Gasteiger charge is -2.02. The summed E-state index contributed by atoms with van der Waals surface area (Å²) in [7, 11) is 1.61. The summed E-state index contributed by atoms with van der Waals surface area (Å²) in [5.74, 6) is 0.269. The molecule has 0 saturated carbocycles. The number of ether oxygens (including phenoxy) is 1. The predicted octanol–water partition coefficient (Wildman–Crippen LogP) is 3.60. The van der Waals surface area contributed by atoms with Gasteiger partial charge in [0.25, 0.3) is 0 Å². The van der Waals surface area contributed by atoms with Gasteiger partial charge in [0.05, 0.1) is 23.7 Å². The van der Waals surface area contributed by atoms with Gasteiger partial charge in [-0.1, -0.05) is 72.4 Å². The third-order valence-corrected chi connectivity index (χ3v) is 4.63. The topological polar surface area (TPSA) is 67.0 Å². The van der Waals surface area contributed by atoms with Gasteiger partial charge >= 0.3 is 0 Å². The molecule has 0 aliphatic carbocycles. The summed E-state index contributed by atoms with van der Waals surface area (Å²) in [5.41, 5.74) is 3.95. The fraction of sp³-hybridized carbons (Fsp3) is 0.200. The Morgan fingerprint density at radius 3 is 2.38 bits per heavy atom. The van der Waals surface area contributed by atoms with Gasteiger partial charge in [-0.15, -0.1) is 0 Å². The molecule has 2 aromatic carbocycles. The largest absolute Gasteiger partial charge is 0.383 e. The molecule has 1 aromatic heterocycles. The zero-order valence-electron chi connectivity index (χ0n) is 14.6. The van der Waals surface area contributed by atoms with Crippen LogP contribution in [0.4, 0.5) is 0 Å². The molecule has 0 aliphatic heterocycles. The first-order valence-corrected chi connectivity index (χ1v) is 9.36. The number of imidazole rings is 1. The minimum atomic E-state index is -0.0361. The summed E-state index contributed by atoms with van der Waals surface area (Å²) >= 11 is 1.39. The summed E-state index contributed by atoms with van der Waals surface area (Å²) < 4.78 is 4.93. The lowest BCUT2D eigenvalue weighted by molar-refractivity contribution is -0.118. The number of carbonyl (C=O) groups is 1. The van der Waals surface area contributed by atoms with Crippen LogP contribution in [-0.4, -0.2) is 41.9 Å². The van der Waals surface area contributed by atoms with Crippen LogP contribution in [0.15, 0.2) is 65.8 Å². The van der Waals surface area contributed by atoms with Crippen molar-refractivity contribution in [1.82, 2.24) is 15.3 Å². The van der Waals surface area contributed by atoms with Crippen LogP contribution in [0.25, 0.3) is 22.5 Å². The average Bonchev–Trinajstić information content (AvgIpc) is 3.12. The first-order valence-electron chi connectivity index (χ1n) is 8.37. The molecule has 1 amide bonds. The normalized spacial score (nSPS) is 10.7. The number of hydrogen-bond acceptors (Lipinski definition) is 4. The van der Waals surface area contributed by atoms with Crippen LogP contribution in [0, 0.1) is 0 Å².